The third kappa shape index (κ3) is 1.51. The van der Waals surface area contributed by atoms with E-state index in [2.05, 4.69) is 4.98 Å². The second-order valence-corrected chi connectivity index (χ2v) is 4.79. The maximum Gasteiger partial charge on any atom is 0.337 e. The third-order valence-electron chi connectivity index (χ3n) is 3.58. The molecule has 2 aromatic rings. The number of aliphatic hydroxyl groups is 1. The van der Waals surface area contributed by atoms with Crippen LogP contribution in [0.15, 0.2) is 18.2 Å². The summed E-state index contributed by atoms with van der Waals surface area (Å²) in [6.45, 7) is 1.87. The van der Waals surface area contributed by atoms with Crippen molar-refractivity contribution < 1.29 is 15.0 Å². The molecule has 0 aliphatic heterocycles. The number of rotatable bonds is 2. The van der Waals surface area contributed by atoms with Crippen LogP contribution in [0.25, 0.3) is 11.0 Å². The number of para-hydroxylation sites is 1. The van der Waals surface area contributed by atoms with E-state index < -0.39 is 5.97 Å². The van der Waals surface area contributed by atoms with Crippen LogP contribution in [0.1, 0.15) is 35.1 Å². The van der Waals surface area contributed by atoms with Crippen molar-refractivity contribution in [3.05, 3.63) is 29.6 Å². The Hall–Kier alpha value is -1.88. The van der Waals surface area contributed by atoms with Gasteiger partial charge >= 0.3 is 5.97 Å². The summed E-state index contributed by atoms with van der Waals surface area (Å²) in [4.78, 5) is 15.5. The summed E-state index contributed by atoms with van der Waals surface area (Å²) in [6.07, 6.45) is 1.18. The summed E-state index contributed by atoms with van der Waals surface area (Å²) >= 11 is 0. The number of aliphatic hydroxyl groups excluding tert-OH is 1. The molecule has 18 heavy (non-hydrogen) atoms. The molecule has 1 aromatic carbocycles. The van der Waals surface area contributed by atoms with E-state index in [0.717, 1.165) is 11.3 Å². The molecule has 1 saturated carbocycles. The number of aromatic carboxylic acids is 1. The zero-order chi connectivity index (χ0) is 12.9. The number of hydrogen-bond donors (Lipinski definition) is 2. The van der Waals surface area contributed by atoms with Gasteiger partial charge in [-0.05, 0) is 31.9 Å². The molecule has 1 aromatic heterocycles. The molecule has 0 amide bonds. The van der Waals surface area contributed by atoms with Gasteiger partial charge in [-0.25, -0.2) is 9.78 Å². The first kappa shape index (κ1) is 11.2. The highest BCUT2D eigenvalue weighted by atomic mass is 16.4. The van der Waals surface area contributed by atoms with Gasteiger partial charge < -0.3 is 14.8 Å². The number of nitrogens with zero attached hydrogens (tertiary/aromatic N) is 2. The van der Waals surface area contributed by atoms with Crippen LogP contribution in [0.2, 0.25) is 0 Å². The summed E-state index contributed by atoms with van der Waals surface area (Å²) in [5, 5.41) is 18.5. The fourth-order valence-electron chi connectivity index (χ4n) is 2.64. The van der Waals surface area contributed by atoms with Gasteiger partial charge in [-0.15, -0.1) is 0 Å². The Morgan fingerprint density at radius 2 is 2.17 bits per heavy atom. The molecule has 0 bridgehead atoms. The number of benzene rings is 1. The molecule has 5 nitrogen and oxygen atoms in total. The van der Waals surface area contributed by atoms with Gasteiger partial charge in [0.15, 0.2) is 0 Å². The average molecular weight is 246 g/mol. The minimum absolute atomic E-state index is 0.231. The lowest BCUT2D eigenvalue weighted by Crippen LogP contribution is -2.31. The minimum atomic E-state index is -0.959. The molecule has 1 aliphatic carbocycles. The van der Waals surface area contributed by atoms with Crippen LogP contribution in [0.5, 0.6) is 0 Å². The zero-order valence-corrected chi connectivity index (χ0v) is 10.00. The number of fused-ring (bicyclic) bond motifs is 1. The maximum atomic E-state index is 11.2. The van der Waals surface area contributed by atoms with Crippen molar-refractivity contribution in [2.75, 3.05) is 0 Å². The minimum Gasteiger partial charge on any atom is -0.478 e. The maximum absolute atomic E-state index is 11.2. The SMILES string of the molecule is Cc1nc2c(C(=O)O)cccc2n1C1CC(O)C1. The van der Waals surface area contributed by atoms with Crippen molar-refractivity contribution in [2.24, 2.45) is 0 Å². The molecule has 5 heteroatoms. The van der Waals surface area contributed by atoms with Crippen molar-refractivity contribution in [2.45, 2.75) is 31.9 Å². The number of aryl methyl sites for hydroxylation is 1. The second-order valence-electron chi connectivity index (χ2n) is 4.79. The predicted octanol–water partition coefficient (Wildman–Crippen LogP) is 1.74. The number of carboxylic acids is 1. The number of imidazole rings is 1. The Morgan fingerprint density at radius 1 is 1.44 bits per heavy atom. The van der Waals surface area contributed by atoms with Gasteiger partial charge in [0, 0.05) is 6.04 Å². The van der Waals surface area contributed by atoms with Crippen LogP contribution in [-0.2, 0) is 0 Å². The molecule has 0 atom stereocenters. The largest absolute Gasteiger partial charge is 0.478 e. The van der Waals surface area contributed by atoms with Gasteiger partial charge in [-0.2, -0.15) is 0 Å². The highest BCUT2D eigenvalue weighted by molar-refractivity contribution is 6.01. The molecule has 2 N–H and O–H groups in total. The number of hydrogen-bond acceptors (Lipinski definition) is 3. The van der Waals surface area contributed by atoms with Crippen molar-refractivity contribution in [1.29, 1.82) is 0 Å². The molecule has 1 aliphatic rings. The van der Waals surface area contributed by atoms with E-state index >= 15 is 0 Å². The Balaban J connectivity index is 2.18. The summed E-state index contributed by atoms with van der Waals surface area (Å²) in [6, 6.07) is 5.41. The van der Waals surface area contributed by atoms with E-state index in [9.17, 15) is 9.90 Å². The van der Waals surface area contributed by atoms with Crippen molar-refractivity contribution in [3.63, 3.8) is 0 Å². The summed E-state index contributed by atoms with van der Waals surface area (Å²) in [5.41, 5.74) is 1.60. The molecule has 0 radical (unpaired) electrons. The molecule has 3 rings (SSSR count). The average Bonchev–Trinajstić information content (AvgIpc) is 2.60. The lowest BCUT2D eigenvalue weighted by atomic mass is 9.89. The third-order valence-corrected chi connectivity index (χ3v) is 3.58. The number of carbonyl (C=O) groups is 1. The van der Waals surface area contributed by atoms with Crippen LogP contribution in [0, 0.1) is 6.92 Å². The highest BCUT2D eigenvalue weighted by Gasteiger charge is 2.31. The van der Waals surface area contributed by atoms with E-state index in [0.29, 0.717) is 18.4 Å². The molecule has 0 saturated heterocycles. The zero-order valence-electron chi connectivity index (χ0n) is 10.00. The van der Waals surface area contributed by atoms with Gasteiger partial charge in [0.2, 0.25) is 0 Å². The molecule has 0 spiro atoms. The quantitative estimate of drug-likeness (QED) is 0.846. The van der Waals surface area contributed by atoms with Gasteiger partial charge in [-0.3, -0.25) is 0 Å². The van der Waals surface area contributed by atoms with Crippen LogP contribution in [0.4, 0.5) is 0 Å². The van der Waals surface area contributed by atoms with Gasteiger partial charge in [0.1, 0.15) is 11.3 Å². The Morgan fingerprint density at radius 3 is 2.78 bits per heavy atom. The molecular weight excluding hydrogens is 232 g/mol. The smallest absolute Gasteiger partial charge is 0.337 e. The molecule has 1 fully saturated rings. The van der Waals surface area contributed by atoms with Crippen LogP contribution >= 0.6 is 0 Å². The van der Waals surface area contributed by atoms with E-state index in [1.54, 1.807) is 12.1 Å². The molecule has 94 valence electrons. The fraction of sp³-hybridized carbons (Fsp3) is 0.385. The van der Waals surface area contributed by atoms with E-state index in [1.165, 1.54) is 0 Å². The van der Waals surface area contributed by atoms with E-state index in [-0.39, 0.29) is 17.7 Å². The lowest BCUT2D eigenvalue weighted by Gasteiger charge is -2.33. The van der Waals surface area contributed by atoms with Crippen molar-refractivity contribution in [3.8, 4) is 0 Å². The van der Waals surface area contributed by atoms with E-state index in [4.69, 9.17) is 5.11 Å². The molecule has 1 heterocycles. The van der Waals surface area contributed by atoms with Crippen molar-refractivity contribution >= 4 is 17.0 Å². The summed E-state index contributed by atoms with van der Waals surface area (Å²) in [7, 11) is 0. The summed E-state index contributed by atoms with van der Waals surface area (Å²) < 4.78 is 2.04. The van der Waals surface area contributed by atoms with E-state index in [1.807, 2.05) is 17.6 Å². The normalized spacial score (nSPS) is 23.0. The van der Waals surface area contributed by atoms with Gasteiger partial charge in [0.05, 0.1) is 17.2 Å². The Bertz CT molecular complexity index is 626. The first-order chi connectivity index (χ1) is 8.58. The predicted molar refractivity (Wildman–Crippen MR) is 65.7 cm³/mol. The van der Waals surface area contributed by atoms with Crippen LogP contribution in [-0.4, -0.2) is 31.8 Å². The van der Waals surface area contributed by atoms with Crippen molar-refractivity contribution in [1.82, 2.24) is 9.55 Å². The number of carboxylic acid groups (broad SMARTS) is 1. The summed E-state index contributed by atoms with van der Waals surface area (Å²) in [5.74, 6) is -0.158. The van der Waals surface area contributed by atoms with Gasteiger partial charge in [0.25, 0.3) is 0 Å². The lowest BCUT2D eigenvalue weighted by molar-refractivity contribution is 0.0493. The first-order valence-corrected chi connectivity index (χ1v) is 5.97. The number of aromatic nitrogens is 2. The molecule has 0 unspecified atom stereocenters. The second kappa shape index (κ2) is 3.81. The topological polar surface area (TPSA) is 75.3 Å². The molecular formula is C13H14N2O3. The highest BCUT2D eigenvalue weighted by Crippen LogP contribution is 2.36. The van der Waals surface area contributed by atoms with Crippen LogP contribution in [0.3, 0.4) is 0 Å². The van der Waals surface area contributed by atoms with Crippen LogP contribution < -0.4 is 0 Å². The first-order valence-electron chi connectivity index (χ1n) is 5.97. The van der Waals surface area contributed by atoms with Gasteiger partial charge in [-0.1, -0.05) is 6.07 Å². The fourth-order valence-corrected chi connectivity index (χ4v) is 2.64. The monoisotopic (exact) mass is 246 g/mol. The Kier molecular flexibility index (Phi) is 2.38. The standard InChI is InChI=1S/C13H14N2O3/c1-7-14-12-10(13(17)18)3-2-4-11(12)15(7)8-5-9(16)6-8/h2-4,8-9,16H,5-6H2,1H3,(H,17,18). The Labute approximate surface area is 104 Å².